The number of hydrogen-bond donors (Lipinski definition) is 2. The Morgan fingerprint density at radius 2 is 1.88 bits per heavy atom. The minimum absolute atomic E-state index is 0.0941. The number of carbonyl (C=O) groups is 3. The van der Waals surface area contributed by atoms with Crippen LogP contribution in [0.15, 0.2) is 41.1 Å². The molecule has 0 aliphatic rings. The van der Waals surface area contributed by atoms with Gasteiger partial charge in [-0.3, -0.25) is 9.59 Å². The van der Waals surface area contributed by atoms with Gasteiger partial charge in [0.1, 0.15) is 11.6 Å². The molecule has 0 spiro atoms. The fraction of sp³-hybridized carbons (Fsp3) is 0.478. The molecule has 0 aliphatic carbocycles. The lowest BCUT2D eigenvalue weighted by Crippen LogP contribution is -2.52. The third-order valence-corrected chi connectivity index (χ3v) is 4.96. The van der Waals surface area contributed by atoms with Crippen molar-refractivity contribution in [2.24, 2.45) is 5.92 Å². The van der Waals surface area contributed by atoms with Gasteiger partial charge in [0.2, 0.25) is 5.91 Å². The van der Waals surface area contributed by atoms with Crippen molar-refractivity contribution >= 4 is 46.8 Å². The number of anilines is 1. The lowest BCUT2D eigenvalue weighted by Gasteiger charge is -2.26. The molecule has 9 nitrogen and oxygen atoms in total. The van der Waals surface area contributed by atoms with Crippen molar-refractivity contribution in [3.8, 4) is 11.3 Å². The first kappa shape index (κ1) is 27.5. The fourth-order valence-electron chi connectivity index (χ4n) is 3.05. The number of rotatable bonds is 9. The molecule has 1 aromatic heterocycles. The first-order chi connectivity index (χ1) is 15.9. The van der Waals surface area contributed by atoms with Gasteiger partial charge in [-0.05, 0) is 38.8 Å². The quantitative estimate of drug-likeness (QED) is 0.488. The van der Waals surface area contributed by atoms with Crippen LogP contribution in [0, 0.1) is 5.92 Å². The minimum Gasteiger partial charge on any atom is -0.444 e. The van der Waals surface area contributed by atoms with E-state index in [2.05, 4.69) is 15.8 Å². The normalized spacial score (nSPS) is 12.4. The van der Waals surface area contributed by atoms with Gasteiger partial charge in [0.05, 0.1) is 6.20 Å². The summed E-state index contributed by atoms with van der Waals surface area (Å²) in [6.07, 6.45) is 0.833. The van der Waals surface area contributed by atoms with E-state index < -0.39 is 34.4 Å². The molecule has 186 valence electrons. The summed E-state index contributed by atoms with van der Waals surface area (Å²) >= 11 is 11.7. The summed E-state index contributed by atoms with van der Waals surface area (Å²) in [5.41, 5.74) is 0.536. The molecule has 0 aliphatic heterocycles. The van der Waals surface area contributed by atoms with Crippen LogP contribution in [-0.2, 0) is 14.3 Å². The van der Waals surface area contributed by atoms with E-state index >= 15 is 0 Å². The average molecular weight is 513 g/mol. The van der Waals surface area contributed by atoms with E-state index in [-0.39, 0.29) is 19.0 Å². The van der Waals surface area contributed by atoms with Crippen molar-refractivity contribution in [1.29, 1.82) is 0 Å². The van der Waals surface area contributed by atoms with E-state index in [1.54, 1.807) is 58.9 Å². The summed E-state index contributed by atoms with van der Waals surface area (Å²) in [4.78, 5) is 37.7. The maximum absolute atomic E-state index is 12.8. The molecule has 2 rings (SSSR count). The first-order valence-corrected chi connectivity index (χ1v) is 11.6. The highest BCUT2D eigenvalue weighted by Gasteiger charge is 2.28. The Hall–Kier alpha value is -2.78. The predicted molar refractivity (Wildman–Crippen MR) is 131 cm³/mol. The molecule has 2 aromatic rings. The molecule has 34 heavy (non-hydrogen) atoms. The van der Waals surface area contributed by atoms with Gasteiger partial charge in [0, 0.05) is 30.4 Å². The number of aromatic nitrogens is 1. The van der Waals surface area contributed by atoms with E-state index in [0.717, 1.165) is 0 Å². The predicted octanol–water partition coefficient (Wildman–Crippen LogP) is 4.14. The summed E-state index contributed by atoms with van der Waals surface area (Å²) in [5.74, 6) is -0.612. The Morgan fingerprint density at radius 1 is 1.18 bits per heavy atom. The summed E-state index contributed by atoms with van der Waals surface area (Å²) in [6.45, 7) is 9.01. The highest BCUT2D eigenvalue weighted by Crippen LogP contribution is 2.25. The summed E-state index contributed by atoms with van der Waals surface area (Å²) in [7, 11) is 0. The number of halogens is 2. The van der Waals surface area contributed by atoms with Gasteiger partial charge in [-0.2, -0.15) is 0 Å². The number of alkyl halides is 2. The third kappa shape index (κ3) is 8.22. The van der Waals surface area contributed by atoms with Crippen LogP contribution >= 0.6 is 23.2 Å². The summed E-state index contributed by atoms with van der Waals surface area (Å²) < 4.78 is 10.4. The van der Waals surface area contributed by atoms with Crippen LogP contribution in [0.1, 0.15) is 34.6 Å². The zero-order valence-electron chi connectivity index (χ0n) is 19.8. The van der Waals surface area contributed by atoms with Gasteiger partial charge < -0.3 is 24.8 Å². The van der Waals surface area contributed by atoms with E-state index in [1.165, 1.54) is 11.1 Å². The van der Waals surface area contributed by atoms with Crippen LogP contribution in [0.4, 0.5) is 10.5 Å². The molecule has 0 bridgehead atoms. The molecule has 1 heterocycles. The molecule has 11 heteroatoms. The van der Waals surface area contributed by atoms with Crippen molar-refractivity contribution < 1.29 is 23.6 Å². The largest absolute Gasteiger partial charge is 0.444 e. The van der Waals surface area contributed by atoms with E-state index in [0.29, 0.717) is 17.0 Å². The van der Waals surface area contributed by atoms with Crippen molar-refractivity contribution in [2.75, 3.05) is 18.0 Å². The molecule has 0 fully saturated rings. The first-order valence-electron chi connectivity index (χ1n) is 10.8. The second kappa shape index (κ2) is 12.1. The van der Waals surface area contributed by atoms with Crippen molar-refractivity contribution in [2.45, 2.75) is 51.1 Å². The zero-order valence-corrected chi connectivity index (χ0v) is 21.3. The molecule has 2 N–H and O–H groups in total. The molecular formula is C23H30Cl2N4O5. The SMILES string of the molecule is CC(C)C(NC(=O)OC(C)(C)C)C(=O)NCCN(C(=O)C(Cl)Cl)c1cccc(-c2ccno2)c1. The Bertz CT molecular complexity index is 974. The Morgan fingerprint density at radius 3 is 2.44 bits per heavy atom. The van der Waals surface area contributed by atoms with Crippen LogP contribution in [0.3, 0.4) is 0 Å². The van der Waals surface area contributed by atoms with Crippen molar-refractivity contribution in [3.05, 3.63) is 36.5 Å². The zero-order chi connectivity index (χ0) is 25.5. The summed E-state index contributed by atoms with van der Waals surface area (Å²) in [5, 5.41) is 9.04. The Kier molecular flexibility index (Phi) is 9.76. The van der Waals surface area contributed by atoms with Crippen LogP contribution in [0.25, 0.3) is 11.3 Å². The molecule has 0 radical (unpaired) electrons. The third-order valence-electron chi connectivity index (χ3n) is 4.59. The van der Waals surface area contributed by atoms with E-state index in [1.807, 2.05) is 6.07 Å². The number of hydrogen-bond acceptors (Lipinski definition) is 6. The van der Waals surface area contributed by atoms with Crippen LogP contribution in [0.2, 0.25) is 0 Å². The molecule has 3 amide bonds. The van der Waals surface area contributed by atoms with E-state index in [4.69, 9.17) is 32.5 Å². The summed E-state index contributed by atoms with van der Waals surface area (Å²) in [6, 6.07) is 7.89. The van der Waals surface area contributed by atoms with Gasteiger partial charge in [-0.1, -0.05) is 54.3 Å². The van der Waals surface area contributed by atoms with Gasteiger partial charge in [0.25, 0.3) is 5.91 Å². The number of ether oxygens (including phenoxy) is 1. The number of benzene rings is 1. The van der Waals surface area contributed by atoms with Gasteiger partial charge >= 0.3 is 6.09 Å². The molecule has 1 unspecified atom stereocenters. The van der Waals surface area contributed by atoms with Crippen LogP contribution < -0.4 is 15.5 Å². The number of nitrogens with zero attached hydrogens (tertiary/aromatic N) is 2. The number of nitrogens with one attached hydrogen (secondary N) is 2. The highest BCUT2D eigenvalue weighted by atomic mass is 35.5. The standard InChI is InChI=1S/C23H30Cl2N4O5/c1-14(2)18(28-22(32)33-23(3,4)5)20(30)26-11-12-29(21(31)19(24)25)16-8-6-7-15(13-16)17-9-10-27-34-17/h6-10,13-14,18-19H,11-12H2,1-5H3,(H,26,30)(H,28,32). The van der Waals surface area contributed by atoms with E-state index in [9.17, 15) is 14.4 Å². The second-order valence-corrected chi connectivity index (χ2v) is 9.97. The lowest BCUT2D eigenvalue weighted by atomic mass is 10.0. The number of amides is 3. The van der Waals surface area contributed by atoms with Crippen LogP contribution in [-0.4, -0.2) is 52.6 Å². The fourth-order valence-corrected chi connectivity index (χ4v) is 3.28. The van der Waals surface area contributed by atoms with Crippen molar-refractivity contribution in [1.82, 2.24) is 15.8 Å². The smallest absolute Gasteiger partial charge is 0.408 e. The highest BCUT2D eigenvalue weighted by molar-refractivity contribution is 6.54. The molecule has 0 saturated carbocycles. The second-order valence-electron chi connectivity index (χ2n) is 8.88. The number of alkyl carbamates (subject to hydrolysis) is 1. The molecule has 1 aromatic carbocycles. The van der Waals surface area contributed by atoms with Gasteiger partial charge in [-0.15, -0.1) is 0 Å². The topological polar surface area (TPSA) is 114 Å². The average Bonchev–Trinajstić information content (AvgIpc) is 3.28. The monoisotopic (exact) mass is 512 g/mol. The van der Waals surface area contributed by atoms with Crippen molar-refractivity contribution in [3.63, 3.8) is 0 Å². The Balaban J connectivity index is 2.09. The lowest BCUT2D eigenvalue weighted by molar-refractivity contribution is -0.124. The maximum atomic E-state index is 12.8. The maximum Gasteiger partial charge on any atom is 0.408 e. The molecule has 0 saturated heterocycles. The van der Waals surface area contributed by atoms with Gasteiger partial charge in [0.15, 0.2) is 10.6 Å². The number of carbonyl (C=O) groups excluding carboxylic acids is 3. The molecular weight excluding hydrogens is 483 g/mol. The minimum atomic E-state index is -1.29. The Labute approximate surface area is 209 Å². The molecule has 1 atom stereocenters. The van der Waals surface area contributed by atoms with Gasteiger partial charge in [-0.25, -0.2) is 4.79 Å². The van der Waals surface area contributed by atoms with Crippen LogP contribution in [0.5, 0.6) is 0 Å².